The number of fused-ring (bicyclic) bond motifs is 2. The third kappa shape index (κ3) is 2.51. The Kier molecular flexibility index (Phi) is 3.64. The second-order valence-electron chi connectivity index (χ2n) is 8.03. The first-order valence-electron chi connectivity index (χ1n) is 8.92. The number of aryl methyl sites for hydroxylation is 1. The van der Waals surface area contributed by atoms with Crippen LogP contribution in [-0.4, -0.2) is 29.2 Å². The SMILES string of the molecule is Cc1cccc2c(C(C)(C)NC(=O)C3CC4CNC[C@H]4C3)[nH]nc12. The van der Waals surface area contributed by atoms with E-state index in [4.69, 9.17) is 0 Å². The minimum atomic E-state index is -0.463. The zero-order valence-electron chi connectivity index (χ0n) is 14.6. The Bertz CT molecular complexity index is 767. The first-order chi connectivity index (χ1) is 11.5. The highest BCUT2D eigenvalue weighted by Crippen LogP contribution is 2.39. The third-order valence-electron chi connectivity index (χ3n) is 5.87. The molecule has 1 saturated carbocycles. The Labute approximate surface area is 142 Å². The fraction of sp³-hybridized carbons (Fsp3) is 0.579. The lowest BCUT2D eigenvalue weighted by Crippen LogP contribution is -2.44. The summed E-state index contributed by atoms with van der Waals surface area (Å²) in [5.74, 6) is 1.70. The van der Waals surface area contributed by atoms with E-state index >= 15 is 0 Å². The molecule has 2 fully saturated rings. The zero-order chi connectivity index (χ0) is 16.9. The summed E-state index contributed by atoms with van der Waals surface area (Å²) in [6.45, 7) is 8.31. The van der Waals surface area contributed by atoms with Crippen LogP contribution in [0.5, 0.6) is 0 Å². The molecule has 0 bridgehead atoms. The van der Waals surface area contributed by atoms with Crippen molar-refractivity contribution in [2.24, 2.45) is 17.8 Å². The standard InChI is InChI=1S/C19H26N4O/c1-11-5-4-6-15-16(11)22-23-17(15)19(2,3)21-18(24)12-7-13-9-20-10-14(13)8-12/h4-6,12-14,20H,7-10H2,1-3H3,(H,21,24)(H,22,23)/t12?,13-,14?/m1/s1. The van der Waals surface area contributed by atoms with E-state index in [1.165, 1.54) is 0 Å². The number of nitrogens with one attached hydrogen (secondary N) is 3. The molecule has 2 heterocycles. The lowest BCUT2D eigenvalue weighted by atomic mass is 9.94. The highest BCUT2D eigenvalue weighted by Gasteiger charge is 2.41. The number of nitrogens with zero attached hydrogens (tertiary/aromatic N) is 1. The lowest BCUT2D eigenvalue weighted by Gasteiger charge is -2.27. The third-order valence-corrected chi connectivity index (χ3v) is 5.87. The number of rotatable bonds is 3. The molecule has 2 aromatic rings. The molecular formula is C19H26N4O. The largest absolute Gasteiger partial charge is 0.345 e. The molecule has 5 nitrogen and oxygen atoms in total. The predicted molar refractivity (Wildman–Crippen MR) is 94.6 cm³/mol. The Morgan fingerprint density at radius 1 is 1.25 bits per heavy atom. The maximum Gasteiger partial charge on any atom is 0.223 e. The zero-order valence-corrected chi connectivity index (χ0v) is 14.6. The number of aromatic nitrogens is 2. The van der Waals surface area contributed by atoms with Crippen LogP contribution in [-0.2, 0) is 10.3 Å². The van der Waals surface area contributed by atoms with Gasteiger partial charge in [0.15, 0.2) is 0 Å². The van der Waals surface area contributed by atoms with E-state index in [0.717, 1.165) is 48.1 Å². The van der Waals surface area contributed by atoms with Gasteiger partial charge in [-0.25, -0.2) is 0 Å². The van der Waals surface area contributed by atoms with E-state index < -0.39 is 5.54 Å². The van der Waals surface area contributed by atoms with Gasteiger partial charge in [-0.15, -0.1) is 0 Å². The average molecular weight is 326 g/mol. The molecule has 1 aromatic carbocycles. The van der Waals surface area contributed by atoms with E-state index in [9.17, 15) is 4.79 Å². The van der Waals surface area contributed by atoms with E-state index in [0.29, 0.717) is 11.8 Å². The van der Waals surface area contributed by atoms with E-state index in [2.05, 4.69) is 53.7 Å². The number of amides is 1. The van der Waals surface area contributed by atoms with Gasteiger partial charge in [0, 0.05) is 11.3 Å². The molecule has 2 aliphatic rings. The summed E-state index contributed by atoms with van der Waals surface area (Å²) in [7, 11) is 0. The highest BCUT2D eigenvalue weighted by molar-refractivity contribution is 5.86. The van der Waals surface area contributed by atoms with Crippen molar-refractivity contribution in [3.05, 3.63) is 29.5 Å². The Morgan fingerprint density at radius 2 is 1.96 bits per heavy atom. The fourth-order valence-corrected chi connectivity index (χ4v) is 4.51. The Morgan fingerprint density at radius 3 is 2.67 bits per heavy atom. The normalized spacial score (nSPS) is 26.7. The van der Waals surface area contributed by atoms with Gasteiger partial charge in [0.25, 0.3) is 0 Å². The predicted octanol–water partition coefficient (Wildman–Crippen LogP) is 2.47. The number of carbonyl (C=O) groups is 1. The first kappa shape index (κ1) is 15.6. The van der Waals surface area contributed by atoms with Crippen molar-refractivity contribution in [3.63, 3.8) is 0 Å². The number of hydrogen-bond acceptors (Lipinski definition) is 3. The van der Waals surface area contributed by atoms with Crippen molar-refractivity contribution in [1.29, 1.82) is 0 Å². The van der Waals surface area contributed by atoms with Crippen LogP contribution in [0.25, 0.3) is 10.9 Å². The maximum absolute atomic E-state index is 12.8. The fourth-order valence-electron chi connectivity index (χ4n) is 4.51. The molecule has 2 unspecified atom stereocenters. The van der Waals surface area contributed by atoms with Gasteiger partial charge in [0.2, 0.25) is 5.91 Å². The second kappa shape index (κ2) is 5.59. The average Bonchev–Trinajstić information content (AvgIpc) is 3.21. The quantitative estimate of drug-likeness (QED) is 0.811. The molecule has 24 heavy (non-hydrogen) atoms. The van der Waals surface area contributed by atoms with Crippen molar-refractivity contribution >= 4 is 16.8 Å². The summed E-state index contributed by atoms with van der Waals surface area (Å²) in [5, 5.41) is 15.4. The summed E-state index contributed by atoms with van der Waals surface area (Å²) < 4.78 is 0. The summed E-state index contributed by atoms with van der Waals surface area (Å²) in [5.41, 5.74) is 2.65. The number of benzene rings is 1. The van der Waals surface area contributed by atoms with Gasteiger partial charge < -0.3 is 10.6 Å². The van der Waals surface area contributed by atoms with Gasteiger partial charge in [-0.3, -0.25) is 9.89 Å². The van der Waals surface area contributed by atoms with Crippen molar-refractivity contribution in [1.82, 2.24) is 20.8 Å². The van der Waals surface area contributed by atoms with Crippen LogP contribution in [0.1, 0.15) is 37.9 Å². The molecule has 1 aliphatic heterocycles. The van der Waals surface area contributed by atoms with Crippen molar-refractivity contribution < 1.29 is 4.79 Å². The van der Waals surface area contributed by atoms with Crippen LogP contribution in [0.3, 0.4) is 0 Å². The summed E-state index contributed by atoms with van der Waals surface area (Å²) in [6, 6.07) is 6.17. The molecule has 3 atom stereocenters. The number of para-hydroxylation sites is 1. The van der Waals surface area contributed by atoms with Gasteiger partial charge in [-0.05, 0) is 64.1 Å². The summed E-state index contributed by atoms with van der Waals surface area (Å²) >= 11 is 0. The topological polar surface area (TPSA) is 69.8 Å². The van der Waals surface area contributed by atoms with E-state index in [1.807, 2.05) is 6.07 Å². The molecule has 128 valence electrons. The molecule has 1 aliphatic carbocycles. The Hall–Kier alpha value is -1.88. The van der Waals surface area contributed by atoms with Gasteiger partial charge >= 0.3 is 0 Å². The highest BCUT2D eigenvalue weighted by atomic mass is 16.2. The molecule has 1 saturated heterocycles. The smallest absolute Gasteiger partial charge is 0.223 e. The Balaban J connectivity index is 1.54. The molecular weight excluding hydrogens is 300 g/mol. The van der Waals surface area contributed by atoms with E-state index in [1.54, 1.807) is 0 Å². The minimum absolute atomic E-state index is 0.150. The molecule has 3 N–H and O–H groups in total. The van der Waals surface area contributed by atoms with Crippen LogP contribution in [0.2, 0.25) is 0 Å². The van der Waals surface area contributed by atoms with Gasteiger partial charge in [-0.1, -0.05) is 18.2 Å². The van der Waals surface area contributed by atoms with E-state index in [-0.39, 0.29) is 11.8 Å². The van der Waals surface area contributed by atoms with Crippen molar-refractivity contribution in [2.45, 2.75) is 39.2 Å². The van der Waals surface area contributed by atoms with Crippen LogP contribution >= 0.6 is 0 Å². The minimum Gasteiger partial charge on any atom is -0.345 e. The molecule has 0 spiro atoms. The van der Waals surface area contributed by atoms with Crippen LogP contribution in [0.4, 0.5) is 0 Å². The number of carbonyl (C=O) groups excluding carboxylic acids is 1. The van der Waals surface area contributed by atoms with Crippen LogP contribution in [0.15, 0.2) is 18.2 Å². The van der Waals surface area contributed by atoms with Crippen LogP contribution in [0, 0.1) is 24.7 Å². The van der Waals surface area contributed by atoms with Gasteiger partial charge in [0.05, 0.1) is 16.7 Å². The van der Waals surface area contributed by atoms with Gasteiger partial charge in [-0.2, -0.15) is 5.10 Å². The number of aromatic amines is 1. The van der Waals surface area contributed by atoms with Gasteiger partial charge in [0.1, 0.15) is 0 Å². The van der Waals surface area contributed by atoms with Crippen LogP contribution < -0.4 is 10.6 Å². The molecule has 5 heteroatoms. The summed E-state index contributed by atoms with van der Waals surface area (Å²) in [4.78, 5) is 12.8. The first-order valence-corrected chi connectivity index (χ1v) is 8.92. The summed E-state index contributed by atoms with van der Waals surface area (Å²) in [6.07, 6.45) is 2.03. The monoisotopic (exact) mass is 326 g/mol. The second-order valence-corrected chi connectivity index (χ2v) is 8.03. The number of hydrogen-bond donors (Lipinski definition) is 3. The maximum atomic E-state index is 12.8. The molecule has 4 rings (SSSR count). The van der Waals surface area contributed by atoms with Crippen molar-refractivity contribution in [2.75, 3.05) is 13.1 Å². The molecule has 1 amide bonds. The number of H-pyrrole nitrogens is 1. The molecule has 1 aromatic heterocycles. The lowest BCUT2D eigenvalue weighted by molar-refractivity contribution is -0.126. The van der Waals surface area contributed by atoms with Crippen molar-refractivity contribution in [3.8, 4) is 0 Å². The molecule has 0 radical (unpaired) electrons.